The predicted molar refractivity (Wildman–Crippen MR) is 158 cm³/mol. The number of rotatable bonds is 6. The van der Waals surface area contributed by atoms with Crippen LogP contribution < -0.4 is 25.0 Å². The molecule has 222 valence electrons. The number of carbonyl (C=O) groups excluding carboxylic acids is 2. The van der Waals surface area contributed by atoms with Gasteiger partial charge in [0, 0.05) is 45.5 Å². The van der Waals surface area contributed by atoms with Crippen LogP contribution in [0.5, 0.6) is 11.5 Å². The molecule has 3 aromatic rings. The molecule has 0 unspecified atom stereocenters. The highest BCUT2D eigenvalue weighted by Crippen LogP contribution is 2.48. The smallest absolute Gasteiger partial charge is 0.395 e. The van der Waals surface area contributed by atoms with Crippen molar-refractivity contribution in [3.63, 3.8) is 0 Å². The monoisotopic (exact) mass is 599 g/mol. The summed E-state index contributed by atoms with van der Waals surface area (Å²) in [6.07, 6.45) is 1.11. The number of hydrogen-bond acceptors (Lipinski definition) is 8. The Kier molecular flexibility index (Phi) is 7.91. The van der Waals surface area contributed by atoms with Crippen LogP contribution in [0.15, 0.2) is 47.9 Å². The molecule has 0 spiro atoms. The Hall–Kier alpha value is -4.46. The van der Waals surface area contributed by atoms with Gasteiger partial charge in [0.05, 0.1) is 28.8 Å². The van der Waals surface area contributed by atoms with Gasteiger partial charge in [0.15, 0.2) is 11.5 Å². The Labute approximate surface area is 245 Å². The molecule has 0 saturated carbocycles. The number of halogens is 2. The van der Waals surface area contributed by atoms with Gasteiger partial charge in [-0.1, -0.05) is 20.4 Å². The molecule has 5 heterocycles. The van der Waals surface area contributed by atoms with Gasteiger partial charge in [-0.25, -0.2) is 9.78 Å². The number of piperidine rings is 1. The summed E-state index contributed by atoms with van der Waals surface area (Å²) in [5.74, 6) is 0.157. The second kappa shape index (κ2) is 11.4. The molecule has 1 aromatic carbocycles. The van der Waals surface area contributed by atoms with Gasteiger partial charge in [-0.3, -0.25) is 14.7 Å². The summed E-state index contributed by atoms with van der Waals surface area (Å²) in [6, 6.07) is 5.05. The number of carbonyl (C=O) groups is 2. The Morgan fingerprint density at radius 1 is 1.31 bits per heavy atom. The van der Waals surface area contributed by atoms with Crippen LogP contribution in [0.25, 0.3) is 10.2 Å². The number of fused-ring (bicyclic) bond motifs is 1. The summed E-state index contributed by atoms with van der Waals surface area (Å²) < 4.78 is 36.1. The second-order valence-corrected chi connectivity index (χ2v) is 10.5. The number of ether oxygens (including phenoxy) is 2. The number of urea groups is 1. The van der Waals surface area contributed by atoms with E-state index >= 15 is 0 Å². The minimum absolute atomic E-state index is 0.127. The van der Waals surface area contributed by atoms with E-state index in [1.54, 1.807) is 19.5 Å². The molecule has 2 aromatic heterocycles. The maximum atomic E-state index is 13.5. The molecule has 2 N–H and O–H groups in total. The summed E-state index contributed by atoms with van der Waals surface area (Å²) in [4.78, 5) is 41.4. The molecule has 3 aliphatic heterocycles. The molecule has 6 rings (SSSR count). The molecule has 3 amide bonds. The van der Waals surface area contributed by atoms with E-state index in [-0.39, 0.29) is 29.1 Å². The van der Waals surface area contributed by atoms with E-state index in [0.717, 1.165) is 25.2 Å². The van der Waals surface area contributed by atoms with Crippen molar-refractivity contribution in [3.05, 3.63) is 47.7 Å². The third-order valence-corrected chi connectivity index (χ3v) is 8.01. The molecule has 0 bridgehead atoms. The number of benzene rings is 1. The molecule has 42 heavy (non-hydrogen) atoms. The van der Waals surface area contributed by atoms with Crippen molar-refractivity contribution in [2.45, 2.75) is 39.0 Å². The molecule has 1 saturated heterocycles. The predicted octanol–water partition coefficient (Wildman–Crippen LogP) is 5.58. The third-order valence-electron chi connectivity index (χ3n) is 6.91. The minimum Gasteiger partial charge on any atom is -0.395 e. The lowest BCUT2D eigenvalue weighted by molar-refractivity contribution is -0.286. The Balaban J connectivity index is 0.00000173. The minimum atomic E-state index is -3.78. The Morgan fingerprint density at radius 2 is 2.07 bits per heavy atom. The van der Waals surface area contributed by atoms with Gasteiger partial charge >= 0.3 is 12.3 Å². The van der Waals surface area contributed by atoms with Gasteiger partial charge in [-0.15, -0.1) is 20.1 Å². The molecular formula is C28H31F2N7O4S. The topological polar surface area (TPSA) is 112 Å². The zero-order chi connectivity index (χ0) is 30.2. The molecule has 11 nitrogen and oxygen atoms in total. The number of anilines is 3. The van der Waals surface area contributed by atoms with Crippen molar-refractivity contribution in [1.29, 1.82) is 0 Å². The molecule has 1 atom stereocenters. The molecule has 1 fully saturated rings. The van der Waals surface area contributed by atoms with Crippen molar-refractivity contribution >= 4 is 56.9 Å². The number of pyridine rings is 1. The molecule has 0 aliphatic carbocycles. The summed E-state index contributed by atoms with van der Waals surface area (Å²) in [5, 5.41) is 6.50. The van der Waals surface area contributed by atoms with Crippen molar-refractivity contribution in [3.8, 4) is 11.5 Å². The van der Waals surface area contributed by atoms with E-state index in [1.165, 1.54) is 40.6 Å². The van der Waals surface area contributed by atoms with E-state index in [4.69, 9.17) is 0 Å². The maximum absolute atomic E-state index is 13.5. The quantitative estimate of drug-likeness (QED) is 0.281. The van der Waals surface area contributed by atoms with Crippen LogP contribution >= 0.6 is 11.3 Å². The van der Waals surface area contributed by atoms with Crippen LogP contribution in [0.3, 0.4) is 0 Å². The number of nitrogens with one attached hydrogen (secondary N) is 2. The van der Waals surface area contributed by atoms with Crippen molar-refractivity contribution < 1.29 is 27.8 Å². The summed E-state index contributed by atoms with van der Waals surface area (Å²) in [7, 11) is 3.56. The number of thiophene rings is 1. The fourth-order valence-electron chi connectivity index (χ4n) is 5.12. The fourth-order valence-corrected chi connectivity index (χ4v) is 6.14. The number of nitrogens with zero attached hydrogens (tertiary/aromatic N) is 5. The van der Waals surface area contributed by atoms with Gasteiger partial charge < -0.3 is 29.9 Å². The van der Waals surface area contributed by atoms with Crippen molar-refractivity contribution in [2.24, 2.45) is 4.99 Å². The Bertz CT molecular complexity index is 1580. The first-order chi connectivity index (χ1) is 20.1. The second-order valence-electron chi connectivity index (χ2n) is 9.54. The molecule has 3 aliphatic rings. The van der Waals surface area contributed by atoms with Gasteiger partial charge in [0.25, 0.3) is 5.91 Å². The molecular weight excluding hydrogens is 568 g/mol. The van der Waals surface area contributed by atoms with Crippen LogP contribution in [-0.2, 0) is 0 Å². The molecule has 0 radical (unpaired) electrons. The first-order valence-corrected chi connectivity index (χ1v) is 14.3. The first-order valence-electron chi connectivity index (χ1n) is 13.5. The molecule has 14 heteroatoms. The highest BCUT2D eigenvalue weighted by molar-refractivity contribution is 7.21. The Morgan fingerprint density at radius 3 is 2.83 bits per heavy atom. The van der Waals surface area contributed by atoms with Gasteiger partial charge in [-0.05, 0) is 31.0 Å². The number of aromatic nitrogens is 1. The summed E-state index contributed by atoms with van der Waals surface area (Å²) in [5.41, 5.74) is 1.11. The van der Waals surface area contributed by atoms with Gasteiger partial charge in [0.2, 0.25) is 0 Å². The number of hydrogen-bond donors (Lipinski definition) is 2. The number of likely N-dealkylation sites (tertiary alicyclic amines) is 1. The standard InChI is InChI=1S/C26H25F2N7O4S.C2H6/c1-14(33(3)13-29-2)34-10-4-5-15(12-34)31-23(36)22-21-20-17(8-9-30-24(20)40-22)35(25(37)32-21)16-6-7-18-19(11-16)39-26(27,28)38-18;1-2/h6-9,11,13,15H,1,4-5,10,12H2,2-3H3,(H,31,36)(H,32,37);1-2H3/t15-;/m1./s1. The average Bonchev–Trinajstić information content (AvgIpc) is 3.50. The van der Waals surface area contributed by atoms with Gasteiger partial charge in [-0.2, -0.15) is 0 Å². The van der Waals surface area contributed by atoms with E-state index in [2.05, 4.69) is 41.6 Å². The SMILES string of the molecule is C=C(N(C)C=NC)N1CCC[C@@H](NC(=O)c2sc3nccc4c3c2NC(=O)N4c2ccc3c(c2)OC(F)(F)O3)C1.CC. The van der Waals surface area contributed by atoms with Crippen molar-refractivity contribution in [2.75, 3.05) is 37.4 Å². The number of amides is 3. The van der Waals surface area contributed by atoms with E-state index in [1.807, 2.05) is 25.8 Å². The van der Waals surface area contributed by atoms with Crippen molar-refractivity contribution in [1.82, 2.24) is 20.1 Å². The highest BCUT2D eigenvalue weighted by atomic mass is 32.1. The number of alkyl halides is 2. The third kappa shape index (κ3) is 5.29. The average molecular weight is 600 g/mol. The first kappa shape index (κ1) is 29.0. The highest BCUT2D eigenvalue weighted by Gasteiger charge is 2.44. The maximum Gasteiger partial charge on any atom is 0.586 e. The normalized spacial score (nSPS) is 18.4. The van der Waals surface area contributed by atoms with Gasteiger partial charge in [0.1, 0.15) is 15.5 Å². The zero-order valence-electron chi connectivity index (χ0n) is 23.6. The van der Waals surface area contributed by atoms with E-state index in [9.17, 15) is 18.4 Å². The summed E-state index contributed by atoms with van der Waals surface area (Å²) >= 11 is 1.17. The van der Waals surface area contributed by atoms with Crippen LogP contribution in [0, 0.1) is 0 Å². The number of aliphatic imine (C=N–C) groups is 1. The van der Waals surface area contributed by atoms with Crippen LogP contribution in [-0.4, -0.2) is 72.6 Å². The lowest BCUT2D eigenvalue weighted by Crippen LogP contribution is -2.49. The van der Waals surface area contributed by atoms with E-state index in [0.29, 0.717) is 33.0 Å². The lowest BCUT2D eigenvalue weighted by Gasteiger charge is -2.37. The fraction of sp³-hybridized carbons (Fsp3) is 0.357. The summed E-state index contributed by atoms with van der Waals surface area (Å²) in [6.45, 7) is 9.55. The van der Waals surface area contributed by atoms with E-state index < -0.39 is 12.3 Å². The van der Waals surface area contributed by atoms with Crippen LogP contribution in [0.4, 0.5) is 30.6 Å². The zero-order valence-corrected chi connectivity index (χ0v) is 24.4. The largest absolute Gasteiger partial charge is 0.586 e. The lowest BCUT2D eigenvalue weighted by atomic mass is 10.1. The van der Waals surface area contributed by atoms with Crippen LogP contribution in [0.1, 0.15) is 36.4 Å². The van der Waals surface area contributed by atoms with Crippen LogP contribution in [0.2, 0.25) is 0 Å².